The van der Waals surface area contributed by atoms with Crippen LogP contribution in [-0.2, 0) is 4.79 Å². The van der Waals surface area contributed by atoms with E-state index in [2.05, 4.69) is 9.24 Å². The van der Waals surface area contributed by atoms with Crippen molar-refractivity contribution in [1.29, 1.82) is 0 Å². The summed E-state index contributed by atoms with van der Waals surface area (Å²) in [6.45, 7) is 0. The Bertz CT molecular complexity index is 58.5. The van der Waals surface area contributed by atoms with E-state index in [0.29, 0.717) is 6.16 Å². The van der Waals surface area contributed by atoms with Crippen LogP contribution in [0.4, 0.5) is 0 Å². The smallest absolute Gasteiger partial charge is 0.303 e. The molecule has 0 fully saturated rings. The second-order valence-corrected chi connectivity index (χ2v) is 1.51. The van der Waals surface area contributed by atoms with Crippen LogP contribution in [-0.4, -0.2) is 22.7 Å². The van der Waals surface area contributed by atoms with Gasteiger partial charge in [-0.1, -0.05) is 0 Å². The molecule has 0 aliphatic rings. The van der Waals surface area contributed by atoms with E-state index in [0.717, 1.165) is 0 Å². The zero-order chi connectivity index (χ0) is 4.99. The van der Waals surface area contributed by atoms with E-state index in [1.54, 1.807) is 0 Å². The van der Waals surface area contributed by atoms with Crippen molar-refractivity contribution in [3.63, 3.8) is 0 Å². The molecular weight excluding hydrogens is 150 g/mol. The first-order chi connectivity index (χ1) is 2.77. The highest BCUT2D eigenvalue weighted by molar-refractivity contribution is 7.16. The van der Waals surface area contributed by atoms with Gasteiger partial charge in [0.2, 0.25) is 0 Å². The monoisotopic (exact) mass is 160 g/mol. The van der Waals surface area contributed by atoms with Crippen molar-refractivity contribution in [2.45, 2.75) is 6.42 Å². The lowest BCUT2D eigenvalue weighted by molar-refractivity contribution is -0.136. The Morgan fingerprint density at radius 1 is 1.62 bits per heavy atom. The molecule has 0 aliphatic carbocycles. The van der Waals surface area contributed by atoms with Crippen molar-refractivity contribution in [2.24, 2.45) is 0 Å². The molecule has 5 heteroatoms. The molecule has 0 aromatic rings. The normalized spacial score (nSPS) is 6.12. The molecule has 0 saturated carbocycles. The SMILES string of the molecule is Cl.O.O=C(O)CCP. The van der Waals surface area contributed by atoms with Gasteiger partial charge in [-0.15, -0.1) is 21.6 Å². The van der Waals surface area contributed by atoms with Gasteiger partial charge in [0.15, 0.2) is 0 Å². The maximum absolute atomic E-state index is 9.59. The quantitative estimate of drug-likeness (QED) is 0.575. The molecule has 0 saturated heterocycles. The number of carboxylic acid groups (broad SMARTS) is 1. The average molecular weight is 161 g/mol. The summed E-state index contributed by atoms with van der Waals surface area (Å²) in [6, 6.07) is 0. The van der Waals surface area contributed by atoms with Crippen LogP contribution in [0.3, 0.4) is 0 Å². The first-order valence-electron chi connectivity index (χ1n) is 1.69. The number of carboxylic acids is 1. The van der Waals surface area contributed by atoms with Crippen molar-refractivity contribution >= 4 is 27.6 Å². The largest absolute Gasteiger partial charge is 0.481 e. The lowest BCUT2D eigenvalue weighted by Gasteiger charge is -1.79. The first-order valence-corrected chi connectivity index (χ1v) is 2.51. The molecule has 0 amide bonds. The second kappa shape index (κ2) is 10.2. The number of aliphatic carboxylic acids is 1. The van der Waals surface area contributed by atoms with E-state index in [1.807, 2.05) is 0 Å². The summed E-state index contributed by atoms with van der Waals surface area (Å²) >= 11 is 0. The summed E-state index contributed by atoms with van der Waals surface area (Å²) in [6.07, 6.45) is 0.903. The number of hydrogen-bond donors (Lipinski definition) is 1. The summed E-state index contributed by atoms with van der Waals surface area (Å²) in [5, 5.41) is 7.90. The number of halogens is 1. The molecule has 1 unspecified atom stereocenters. The van der Waals surface area contributed by atoms with Gasteiger partial charge in [-0.2, -0.15) is 0 Å². The van der Waals surface area contributed by atoms with Gasteiger partial charge in [0, 0.05) is 6.42 Å². The summed E-state index contributed by atoms with van der Waals surface area (Å²) in [7, 11) is 2.34. The zero-order valence-electron chi connectivity index (χ0n) is 4.26. The fourth-order valence-corrected chi connectivity index (χ4v) is 0.370. The molecule has 0 aromatic heterocycles. The van der Waals surface area contributed by atoms with Gasteiger partial charge in [0.1, 0.15) is 0 Å². The van der Waals surface area contributed by atoms with E-state index >= 15 is 0 Å². The van der Waals surface area contributed by atoms with E-state index in [-0.39, 0.29) is 24.3 Å². The molecule has 3 nitrogen and oxygen atoms in total. The van der Waals surface area contributed by atoms with Gasteiger partial charge >= 0.3 is 5.97 Å². The van der Waals surface area contributed by atoms with Crippen molar-refractivity contribution in [3.05, 3.63) is 0 Å². The summed E-state index contributed by atoms with van der Waals surface area (Å²) in [5.74, 6) is -0.731. The van der Waals surface area contributed by atoms with Crippen LogP contribution in [0.5, 0.6) is 0 Å². The standard InChI is InChI=1S/C3H7O2P.ClH.H2O/c4-3(5)1-2-6;;/h1-2,6H2,(H,4,5);1H;1H2. The van der Waals surface area contributed by atoms with Gasteiger partial charge in [-0.25, -0.2) is 0 Å². The van der Waals surface area contributed by atoms with Gasteiger partial charge in [0.05, 0.1) is 0 Å². The molecule has 0 bridgehead atoms. The average Bonchev–Trinajstić information content (AvgIpc) is 1.35. The Labute approximate surface area is 56.4 Å². The molecular formula is C3H10ClO3P. The molecule has 0 radical (unpaired) electrons. The van der Waals surface area contributed by atoms with E-state index < -0.39 is 5.97 Å². The Morgan fingerprint density at radius 3 is 2.00 bits per heavy atom. The van der Waals surface area contributed by atoms with Gasteiger partial charge in [-0.3, -0.25) is 4.79 Å². The lowest BCUT2D eigenvalue weighted by Crippen LogP contribution is -1.92. The van der Waals surface area contributed by atoms with Crippen molar-refractivity contribution in [3.8, 4) is 0 Å². The van der Waals surface area contributed by atoms with Crippen LogP contribution in [0.2, 0.25) is 0 Å². The van der Waals surface area contributed by atoms with Crippen LogP contribution in [0.15, 0.2) is 0 Å². The maximum Gasteiger partial charge on any atom is 0.303 e. The number of carbonyl (C=O) groups is 1. The fraction of sp³-hybridized carbons (Fsp3) is 0.667. The third-order valence-electron chi connectivity index (χ3n) is 0.358. The molecule has 52 valence electrons. The topological polar surface area (TPSA) is 68.8 Å². The minimum atomic E-state index is -0.731. The Morgan fingerprint density at radius 2 is 2.00 bits per heavy atom. The third kappa shape index (κ3) is 16.4. The molecule has 3 N–H and O–H groups in total. The minimum absolute atomic E-state index is 0. The lowest BCUT2D eigenvalue weighted by atomic mass is 10.5. The Balaban J connectivity index is -0.000000125. The van der Waals surface area contributed by atoms with E-state index in [4.69, 9.17) is 5.11 Å². The highest BCUT2D eigenvalue weighted by Gasteiger charge is 1.87. The van der Waals surface area contributed by atoms with Gasteiger partial charge in [-0.05, 0) is 6.16 Å². The predicted molar refractivity (Wildman–Crippen MR) is 37.7 cm³/mol. The fourth-order valence-electron chi connectivity index (χ4n) is 0.123. The predicted octanol–water partition coefficient (Wildman–Crippen LogP) is -0.0667. The van der Waals surface area contributed by atoms with Gasteiger partial charge in [0.25, 0.3) is 0 Å². The third-order valence-corrected chi connectivity index (χ3v) is 0.647. The van der Waals surface area contributed by atoms with Crippen molar-refractivity contribution in [1.82, 2.24) is 0 Å². The highest BCUT2D eigenvalue weighted by Crippen LogP contribution is 1.84. The Hall–Kier alpha value is 0.150. The molecule has 0 aromatic carbocycles. The number of rotatable bonds is 2. The van der Waals surface area contributed by atoms with E-state index in [1.165, 1.54) is 0 Å². The molecule has 0 spiro atoms. The minimum Gasteiger partial charge on any atom is -0.481 e. The van der Waals surface area contributed by atoms with Crippen LogP contribution >= 0.6 is 21.6 Å². The highest BCUT2D eigenvalue weighted by atomic mass is 35.5. The maximum atomic E-state index is 9.59. The molecule has 8 heavy (non-hydrogen) atoms. The summed E-state index contributed by atoms with van der Waals surface area (Å²) in [4.78, 5) is 9.59. The van der Waals surface area contributed by atoms with E-state index in [9.17, 15) is 4.79 Å². The van der Waals surface area contributed by atoms with Crippen molar-refractivity contribution in [2.75, 3.05) is 6.16 Å². The van der Waals surface area contributed by atoms with Gasteiger partial charge < -0.3 is 10.6 Å². The number of hydrogen-bond acceptors (Lipinski definition) is 1. The molecule has 0 heterocycles. The zero-order valence-corrected chi connectivity index (χ0v) is 6.23. The molecule has 0 rings (SSSR count). The first kappa shape index (κ1) is 15.7. The van der Waals surface area contributed by atoms with Crippen LogP contribution in [0.1, 0.15) is 6.42 Å². The van der Waals surface area contributed by atoms with Crippen LogP contribution < -0.4 is 0 Å². The van der Waals surface area contributed by atoms with Crippen molar-refractivity contribution < 1.29 is 15.4 Å². The van der Waals surface area contributed by atoms with Crippen LogP contribution in [0, 0.1) is 0 Å². The summed E-state index contributed by atoms with van der Waals surface area (Å²) in [5.41, 5.74) is 0. The molecule has 1 atom stereocenters. The molecule has 0 aliphatic heterocycles. The van der Waals surface area contributed by atoms with Crippen LogP contribution in [0.25, 0.3) is 0 Å². The second-order valence-electron chi connectivity index (χ2n) is 0.932. The summed E-state index contributed by atoms with van der Waals surface area (Å²) < 4.78 is 0. The Kier molecular flexibility index (Phi) is 20.0.